The minimum Gasteiger partial charge on any atom is -0.484 e. The smallest absolute Gasteiger partial charge is 0.261 e. The Kier molecular flexibility index (Phi) is 5.25. The van der Waals surface area contributed by atoms with Crippen molar-refractivity contribution < 1.29 is 9.53 Å². The molecule has 3 aromatic rings. The average Bonchev–Trinajstić information content (AvgIpc) is 3.34. The molecule has 2 fully saturated rings. The number of carbonyl (C=O) groups excluding carboxylic acids is 1. The fraction of sp³-hybridized carbons (Fsp3) is 0.350. The maximum absolute atomic E-state index is 13.0. The number of nitrogens with one attached hydrogen (secondary N) is 1. The Morgan fingerprint density at radius 2 is 2.17 bits per heavy atom. The van der Waals surface area contributed by atoms with E-state index < -0.39 is 0 Å². The molecule has 2 aliphatic rings. The minimum absolute atomic E-state index is 0.0247. The second-order valence-electron chi connectivity index (χ2n) is 7.63. The largest absolute Gasteiger partial charge is 0.484 e. The third kappa shape index (κ3) is 3.61. The predicted molar refractivity (Wildman–Crippen MR) is 122 cm³/mol. The van der Waals surface area contributed by atoms with Gasteiger partial charge in [-0.25, -0.2) is 9.97 Å². The molecule has 156 valence electrons. The van der Waals surface area contributed by atoms with E-state index in [1.165, 1.54) is 11.4 Å². The summed E-state index contributed by atoms with van der Waals surface area (Å²) in [6.45, 7) is 2.20. The summed E-state index contributed by atoms with van der Waals surface area (Å²) >= 11 is 7.61. The summed E-state index contributed by atoms with van der Waals surface area (Å²) < 4.78 is 5.79. The molecule has 2 aromatic heterocycles. The number of rotatable bonds is 5. The van der Waals surface area contributed by atoms with Gasteiger partial charge in [0.15, 0.2) is 6.61 Å². The molecule has 1 saturated carbocycles. The third-order valence-corrected chi connectivity index (χ3v) is 7.60. The number of hydrogen-bond donors (Lipinski definition) is 1. The van der Waals surface area contributed by atoms with Gasteiger partial charge < -0.3 is 19.5 Å². The van der Waals surface area contributed by atoms with Gasteiger partial charge in [-0.05, 0) is 37.1 Å². The second kappa shape index (κ2) is 7.91. The lowest BCUT2D eigenvalue weighted by Crippen LogP contribution is -2.58. The Bertz CT molecular complexity index is 1110. The number of carbonyl (C=O) groups is 1. The van der Waals surface area contributed by atoms with Crippen LogP contribution in [0.3, 0.4) is 0 Å². The molecular weight excluding hydrogens is 441 g/mol. The Morgan fingerprint density at radius 1 is 1.30 bits per heavy atom. The van der Waals surface area contributed by atoms with Crippen LogP contribution >= 0.6 is 31.4 Å². The van der Waals surface area contributed by atoms with Gasteiger partial charge in [0.25, 0.3) is 5.91 Å². The number of benzene rings is 1. The monoisotopic (exact) mass is 461 g/mol. The molecule has 1 spiro atoms. The number of fused-ring (bicyclic) bond motifs is 1. The first kappa shape index (κ1) is 19.9. The highest BCUT2D eigenvalue weighted by molar-refractivity contribution is 8.43. The van der Waals surface area contributed by atoms with Crippen LogP contribution < -0.4 is 9.64 Å². The van der Waals surface area contributed by atoms with Crippen LogP contribution in [-0.4, -0.2) is 57.5 Å². The van der Waals surface area contributed by atoms with Crippen molar-refractivity contribution in [2.75, 3.05) is 31.1 Å². The van der Waals surface area contributed by atoms with Gasteiger partial charge in [0, 0.05) is 30.7 Å². The number of aromatic amines is 1. The number of nitrogens with zero attached hydrogens (tertiary/aromatic N) is 4. The first-order valence-corrected chi connectivity index (χ1v) is 12.4. The molecule has 1 N–H and O–H groups in total. The third-order valence-electron chi connectivity index (χ3n) is 5.80. The summed E-state index contributed by atoms with van der Waals surface area (Å²) in [5.74, 6) is 1.60. The van der Waals surface area contributed by atoms with Crippen molar-refractivity contribution in [3.8, 4) is 5.75 Å². The summed E-state index contributed by atoms with van der Waals surface area (Å²) in [6, 6.07) is 7.44. The molecule has 30 heavy (non-hydrogen) atoms. The van der Waals surface area contributed by atoms with Gasteiger partial charge >= 0.3 is 0 Å². The van der Waals surface area contributed by atoms with E-state index in [1.54, 1.807) is 18.5 Å². The van der Waals surface area contributed by atoms with E-state index in [0.29, 0.717) is 17.3 Å². The van der Waals surface area contributed by atoms with Crippen LogP contribution in [0.15, 0.2) is 41.7 Å². The first-order valence-electron chi connectivity index (χ1n) is 9.72. The predicted octanol–water partition coefficient (Wildman–Crippen LogP) is 3.75. The Balaban J connectivity index is 1.27. The van der Waals surface area contributed by atoms with Crippen molar-refractivity contribution in [3.63, 3.8) is 0 Å². The van der Waals surface area contributed by atoms with E-state index in [9.17, 15) is 4.79 Å². The lowest BCUT2D eigenvalue weighted by Gasteiger charge is -2.42. The lowest BCUT2D eigenvalue weighted by atomic mass is 10.1. The zero-order valence-electron chi connectivity index (χ0n) is 16.2. The molecule has 3 heterocycles. The van der Waals surface area contributed by atoms with Crippen LogP contribution in [-0.2, 0) is 4.79 Å². The van der Waals surface area contributed by atoms with Gasteiger partial charge in [0.2, 0.25) is 0 Å². The van der Waals surface area contributed by atoms with Crippen LogP contribution in [0.25, 0.3) is 11.0 Å². The topological polar surface area (TPSA) is 74.3 Å². The van der Waals surface area contributed by atoms with Crippen molar-refractivity contribution in [1.82, 2.24) is 19.9 Å². The van der Waals surface area contributed by atoms with Gasteiger partial charge in [0.1, 0.15) is 23.5 Å². The molecule has 1 saturated heterocycles. The van der Waals surface area contributed by atoms with E-state index in [0.717, 1.165) is 47.7 Å². The summed E-state index contributed by atoms with van der Waals surface area (Å²) in [5.41, 5.74) is 0.718. The van der Waals surface area contributed by atoms with Crippen LogP contribution in [0.5, 0.6) is 5.75 Å². The standard InChI is InChI=1S/C20H21ClN5O2PS/c21-15-2-1-13(9-16(15)30-29)28-10-17(27)26-8-7-25(11-20(26)4-5-20)19-14-3-6-22-18(14)23-12-24-19/h1-3,6,9,12H,4-5,7-8,10-11,29H2,(H,22,23,24). The van der Waals surface area contributed by atoms with Gasteiger partial charge in [-0.15, -0.1) is 11.4 Å². The molecule has 1 aromatic carbocycles. The van der Waals surface area contributed by atoms with Gasteiger partial charge in [-0.3, -0.25) is 4.79 Å². The summed E-state index contributed by atoms with van der Waals surface area (Å²) in [7, 11) is 2.57. The van der Waals surface area contributed by atoms with Crippen LogP contribution in [0, 0.1) is 0 Å². The van der Waals surface area contributed by atoms with E-state index in [-0.39, 0.29) is 18.1 Å². The number of aromatic nitrogens is 3. The highest BCUT2D eigenvalue weighted by Crippen LogP contribution is 2.45. The molecule has 5 rings (SSSR count). The highest BCUT2D eigenvalue weighted by Gasteiger charge is 2.53. The second-order valence-corrected chi connectivity index (χ2v) is 9.42. The fourth-order valence-electron chi connectivity index (χ4n) is 4.12. The zero-order chi connectivity index (χ0) is 20.7. The highest BCUT2D eigenvalue weighted by atomic mass is 35.5. The summed E-state index contributed by atoms with van der Waals surface area (Å²) in [4.78, 5) is 30.1. The molecule has 1 aliphatic heterocycles. The van der Waals surface area contributed by atoms with Crippen molar-refractivity contribution >= 4 is 54.2 Å². The van der Waals surface area contributed by atoms with Crippen molar-refractivity contribution in [3.05, 3.63) is 41.8 Å². The zero-order valence-corrected chi connectivity index (χ0v) is 18.9. The number of halogens is 1. The van der Waals surface area contributed by atoms with E-state index in [4.69, 9.17) is 16.3 Å². The van der Waals surface area contributed by atoms with Gasteiger partial charge in [-0.2, -0.15) is 0 Å². The van der Waals surface area contributed by atoms with Crippen LogP contribution in [0.1, 0.15) is 12.8 Å². The van der Waals surface area contributed by atoms with Crippen LogP contribution in [0.2, 0.25) is 5.02 Å². The quantitative estimate of drug-likeness (QED) is 0.583. The SMILES string of the molecule is O=C(COc1ccc(Cl)c(SP)c1)N1CCN(c2ncnc3[nH]ccc23)CC12CC2. The Labute approximate surface area is 185 Å². The number of piperazine rings is 1. The van der Waals surface area contributed by atoms with E-state index in [2.05, 4.69) is 28.3 Å². The number of hydrogen-bond acceptors (Lipinski definition) is 6. The number of anilines is 1. The Morgan fingerprint density at radius 3 is 2.97 bits per heavy atom. The van der Waals surface area contributed by atoms with Crippen molar-refractivity contribution in [2.24, 2.45) is 0 Å². The van der Waals surface area contributed by atoms with Crippen molar-refractivity contribution in [1.29, 1.82) is 0 Å². The summed E-state index contributed by atoms with van der Waals surface area (Å²) in [6.07, 6.45) is 5.48. The molecule has 1 unspecified atom stereocenters. The van der Waals surface area contributed by atoms with Gasteiger partial charge in [-0.1, -0.05) is 20.0 Å². The molecule has 1 atom stereocenters. The maximum Gasteiger partial charge on any atom is 0.261 e. The average molecular weight is 462 g/mol. The van der Waals surface area contributed by atoms with Crippen molar-refractivity contribution in [2.45, 2.75) is 23.3 Å². The summed E-state index contributed by atoms with van der Waals surface area (Å²) in [5, 5.41) is 1.69. The normalized spacial score (nSPS) is 17.5. The maximum atomic E-state index is 13.0. The van der Waals surface area contributed by atoms with E-state index >= 15 is 0 Å². The molecule has 0 bridgehead atoms. The number of H-pyrrole nitrogens is 1. The first-order chi connectivity index (χ1) is 14.6. The fourth-order valence-corrected chi connectivity index (χ4v) is 5.54. The molecule has 7 nitrogen and oxygen atoms in total. The molecule has 1 amide bonds. The van der Waals surface area contributed by atoms with Crippen LogP contribution in [0.4, 0.5) is 5.82 Å². The lowest BCUT2D eigenvalue weighted by molar-refractivity contribution is -0.137. The minimum atomic E-state index is -0.118. The number of ether oxygens (including phenoxy) is 1. The molecular formula is C20H21ClN5O2PS. The van der Waals surface area contributed by atoms with E-state index in [1.807, 2.05) is 23.2 Å². The Hall–Kier alpha value is -2.02. The van der Waals surface area contributed by atoms with Gasteiger partial charge in [0.05, 0.1) is 15.9 Å². The molecule has 10 heteroatoms. The number of amides is 1. The molecule has 0 radical (unpaired) electrons. The molecule has 1 aliphatic carbocycles.